The van der Waals surface area contributed by atoms with Crippen molar-refractivity contribution in [2.24, 2.45) is 5.92 Å². The second-order valence-corrected chi connectivity index (χ2v) is 6.39. The number of rotatable bonds is 8. The van der Waals surface area contributed by atoms with Gasteiger partial charge in [0.25, 0.3) is 5.91 Å². The highest BCUT2D eigenvalue weighted by Gasteiger charge is 2.32. The number of benzene rings is 1. The number of halogens is 1. The van der Waals surface area contributed by atoms with Gasteiger partial charge in [-0.3, -0.25) is 4.79 Å². The Kier molecular flexibility index (Phi) is 5.43. The van der Waals surface area contributed by atoms with Gasteiger partial charge in [-0.25, -0.2) is 14.1 Å². The van der Waals surface area contributed by atoms with Gasteiger partial charge in [-0.2, -0.15) is 0 Å². The monoisotopic (exact) mass is 346 g/mol. The number of para-hydroxylation sites is 1. The minimum absolute atomic E-state index is 0.0274. The summed E-state index contributed by atoms with van der Waals surface area (Å²) in [6, 6.07) is 6.24. The number of amides is 1. The lowest BCUT2D eigenvalue weighted by molar-refractivity contribution is 0.0913. The highest BCUT2D eigenvalue weighted by molar-refractivity contribution is 5.90. The Morgan fingerprint density at radius 3 is 2.84 bits per heavy atom. The normalized spacial score (nSPS) is 15.2. The summed E-state index contributed by atoms with van der Waals surface area (Å²) >= 11 is 0. The van der Waals surface area contributed by atoms with Crippen LogP contribution in [0, 0.1) is 11.7 Å². The summed E-state index contributed by atoms with van der Waals surface area (Å²) in [6.07, 6.45) is 4.04. The zero-order chi connectivity index (χ0) is 17.8. The summed E-state index contributed by atoms with van der Waals surface area (Å²) in [5.41, 5.74) is 0.284. The van der Waals surface area contributed by atoms with Crippen molar-refractivity contribution in [3.63, 3.8) is 0 Å². The summed E-state index contributed by atoms with van der Waals surface area (Å²) in [5.74, 6) is 0.226. The van der Waals surface area contributed by atoms with Crippen LogP contribution in [0.1, 0.15) is 49.1 Å². The molecule has 2 N–H and O–H groups in total. The second kappa shape index (κ2) is 7.74. The maximum Gasteiger partial charge on any atom is 0.291 e. The van der Waals surface area contributed by atoms with Gasteiger partial charge >= 0.3 is 0 Å². The predicted molar refractivity (Wildman–Crippen MR) is 91.0 cm³/mol. The van der Waals surface area contributed by atoms with E-state index in [1.54, 1.807) is 18.2 Å². The van der Waals surface area contributed by atoms with E-state index in [0.717, 1.165) is 19.3 Å². The van der Waals surface area contributed by atoms with Crippen molar-refractivity contribution in [1.82, 2.24) is 20.1 Å². The summed E-state index contributed by atoms with van der Waals surface area (Å²) in [6.45, 7) is 2.02. The van der Waals surface area contributed by atoms with Crippen LogP contribution in [0.2, 0.25) is 0 Å². The minimum Gasteiger partial charge on any atom is -0.396 e. The number of aryl methyl sites for hydroxylation is 1. The van der Waals surface area contributed by atoms with E-state index in [-0.39, 0.29) is 30.1 Å². The number of hydrogen-bond donors (Lipinski definition) is 2. The van der Waals surface area contributed by atoms with Gasteiger partial charge in [-0.05, 0) is 43.7 Å². The van der Waals surface area contributed by atoms with Gasteiger partial charge < -0.3 is 10.4 Å². The van der Waals surface area contributed by atoms with Crippen molar-refractivity contribution in [3.05, 3.63) is 41.7 Å². The molecule has 1 aliphatic carbocycles. The van der Waals surface area contributed by atoms with Crippen LogP contribution in [0.4, 0.5) is 4.39 Å². The van der Waals surface area contributed by atoms with Crippen molar-refractivity contribution >= 4 is 5.91 Å². The van der Waals surface area contributed by atoms with Crippen molar-refractivity contribution in [2.75, 3.05) is 6.61 Å². The molecule has 0 aliphatic heterocycles. The van der Waals surface area contributed by atoms with Crippen molar-refractivity contribution < 1.29 is 14.3 Å². The quantitative estimate of drug-likeness (QED) is 0.768. The lowest BCUT2D eigenvalue weighted by Gasteiger charge is -2.15. The third kappa shape index (κ3) is 4.04. The smallest absolute Gasteiger partial charge is 0.291 e. The molecule has 1 aromatic carbocycles. The van der Waals surface area contributed by atoms with Crippen LogP contribution in [0.15, 0.2) is 24.3 Å². The Morgan fingerprint density at radius 1 is 1.44 bits per heavy atom. The van der Waals surface area contributed by atoms with Crippen LogP contribution in [0.3, 0.4) is 0 Å². The molecule has 1 fully saturated rings. The number of carbonyl (C=O) groups is 1. The van der Waals surface area contributed by atoms with E-state index in [2.05, 4.69) is 15.4 Å². The van der Waals surface area contributed by atoms with Crippen LogP contribution in [-0.2, 0) is 6.42 Å². The predicted octanol–water partition coefficient (Wildman–Crippen LogP) is 2.25. The highest BCUT2D eigenvalue weighted by atomic mass is 19.1. The molecule has 3 rings (SSSR count). The molecule has 0 spiro atoms. The summed E-state index contributed by atoms with van der Waals surface area (Å²) in [5, 5.41) is 16.3. The van der Waals surface area contributed by atoms with Crippen LogP contribution in [-0.4, -0.2) is 38.4 Å². The van der Waals surface area contributed by atoms with Crippen LogP contribution < -0.4 is 5.32 Å². The minimum atomic E-state index is -0.409. The molecule has 1 aromatic heterocycles. The standard InChI is InChI=1S/C18H23FN4O2/c1-2-5-16-21-17(18(25)20-14(10-11-24)12-8-9-12)22-23(16)15-7-4-3-6-13(15)19/h3-4,6-7,12,14,24H,2,5,8-11H2,1H3,(H,20,25). The maximum absolute atomic E-state index is 14.1. The third-order valence-electron chi connectivity index (χ3n) is 4.38. The molecular weight excluding hydrogens is 323 g/mol. The van der Waals surface area contributed by atoms with Gasteiger partial charge in [0.2, 0.25) is 5.82 Å². The number of aromatic nitrogens is 3. The SMILES string of the molecule is CCCc1nc(C(=O)NC(CCO)C2CC2)nn1-c1ccccc1F. The largest absolute Gasteiger partial charge is 0.396 e. The molecule has 0 bridgehead atoms. The highest BCUT2D eigenvalue weighted by Crippen LogP contribution is 2.34. The second-order valence-electron chi connectivity index (χ2n) is 6.39. The van der Waals surface area contributed by atoms with Crippen LogP contribution in [0.5, 0.6) is 0 Å². The number of nitrogens with one attached hydrogen (secondary N) is 1. The van der Waals surface area contributed by atoms with E-state index in [1.165, 1.54) is 10.7 Å². The number of hydrogen-bond acceptors (Lipinski definition) is 4. The number of nitrogens with zero attached hydrogens (tertiary/aromatic N) is 3. The topological polar surface area (TPSA) is 80.0 Å². The molecule has 134 valence electrons. The lowest BCUT2D eigenvalue weighted by atomic mass is 10.1. The summed E-state index contributed by atoms with van der Waals surface area (Å²) in [4.78, 5) is 16.8. The Hall–Kier alpha value is -2.28. The Morgan fingerprint density at radius 2 is 2.20 bits per heavy atom. The molecule has 6 nitrogen and oxygen atoms in total. The first-order valence-corrected chi connectivity index (χ1v) is 8.76. The number of aliphatic hydroxyl groups excluding tert-OH is 1. The molecule has 1 atom stereocenters. The molecule has 1 aliphatic rings. The molecule has 0 radical (unpaired) electrons. The van der Waals surface area contributed by atoms with E-state index in [9.17, 15) is 9.18 Å². The van der Waals surface area contributed by atoms with Crippen molar-refractivity contribution in [3.8, 4) is 5.69 Å². The lowest BCUT2D eigenvalue weighted by Crippen LogP contribution is -2.37. The fourth-order valence-corrected chi connectivity index (χ4v) is 2.94. The van der Waals surface area contributed by atoms with Gasteiger partial charge in [0.1, 0.15) is 17.3 Å². The van der Waals surface area contributed by atoms with Crippen LogP contribution >= 0.6 is 0 Å². The first-order chi connectivity index (χ1) is 12.1. The molecule has 2 aromatic rings. The zero-order valence-corrected chi connectivity index (χ0v) is 14.3. The van der Waals surface area contributed by atoms with Gasteiger partial charge in [0, 0.05) is 19.1 Å². The number of aliphatic hydroxyl groups is 1. The molecule has 1 saturated carbocycles. The molecule has 1 unspecified atom stereocenters. The molecule has 1 heterocycles. The molecule has 25 heavy (non-hydrogen) atoms. The van der Waals surface area contributed by atoms with E-state index >= 15 is 0 Å². The first kappa shape index (κ1) is 17.5. The van der Waals surface area contributed by atoms with Gasteiger partial charge in [0.15, 0.2) is 0 Å². The number of carbonyl (C=O) groups excluding carboxylic acids is 1. The maximum atomic E-state index is 14.1. The third-order valence-corrected chi connectivity index (χ3v) is 4.38. The molecule has 1 amide bonds. The zero-order valence-electron chi connectivity index (χ0n) is 14.3. The van der Waals surface area contributed by atoms with E-state index in [4.69, 9.17) is 5.11 Å². The van der Waals surface area contributed by atoms with Gasteiger partial charge in [-0.1, -0.05) is 19.1 Å². The molecular formula is C18H23FN4O2. The first-order valence-electron chi connectivity index (χ1n) is 8.76. The van der Waals surface area contributed by atoms with Gasteiger partial charge in [-0.15, -0.1) is 5.10 Å². The van der Waals surface area contributed by atoms with E-state index in [0.29, 0.717) is 24.6 Å². The Labute approximate surface area is 146 Å². The van der Waals surface area contributed by atoms with Crippen molar-refractivity contribution in [1.29, 1.82) is 0 Å². The Bertz CT molecular complexity index is 742. The fraction of sp³-hybridized carbons (Fsp3) is 0.500. The average molecular weight is 346 g/mol. The molecule has 0 saturated heterocycles. The Balaban J connectivity index is 1.85. The van der Waals surface area contributed by atoms with Gasteiger partial charge in [0.05, 0.1) is 0 Å². The van der Waals surface area contributed by atoms with E-state index < -0.39 is 5.82 Å². The average Bonchev–Trinajstić information content (AvgIpc) is 3.36. The van der Waals surface area contributed by atoms with Crippen LogP contribution in [0.25, 0.3) is 5.69 Å². The fourth-order valence-electron chi connectivity index (χ4n) is 2.94. The van der Waals surface area contributed by atoms with Crippen molar-refractivity contribution in [2.45, 2.75) is 45.1 Å². The van der Waals surface area contributed by atoms with E-state index in [1.807, 2.05) is 6.92 Å². The summed E-state index contributed by atoms with van der Waals surface area (Å²) < 4.78 is 15.5. The molecule has 7 heteroatoms. The summed E-state index contributed by atoms with van der Waals surface area (Å²) in [7, 11) is 0.